The summed E-state index contributed by atoms with van der Waals surface area (Å²) in [6.45, 7) is 2.21. The van der Waals surface area contributed by atoms with E-state index in [0.717, 1.165) is 17.7 Å². The summed E-state index contributed by atoms with van der Waals surface area (Å²) in [5, 5.41) is 14.2. The lowest BCUT2D eigenvalue weighted by atomic mass is 10.0. The van der Waals surface area contributed by atoms with Crippen LogP contribution >= 0.6 is 0 Å². The summed E-state index contributed by atoms with van der Waals surface area (Å²) in [4.78, 5) is 14.0. The fourth-order valence-corrected chi connectivity index (χ4v) is 3.14. The van der Waals surface area contributed by atoms with Crippen LogP contribution in [0.3, 0.4) is 0 Å². The number of ether oxygens (including phenoxy) is 1. The third-order valence-corrected chi connectivity index (χ3v) is 4.41. The molecule has 0 bridgehead atoms. The van der Waals surface area contributed by atoms with Crippen molar-refractivity contribution < 1.29 is 14.6 Å². The third-order valence-electron chi connectivity index (χ3n) is 4.41. The highest BCUT2D eigenvalue weighted by molar-refractivity contribution is 5.76. The quantitative estimate of drug-likeness (QED) is 0.868. The van der Waals surface area contributed by atoms with Crippen molar-refractivity contribution in [3.05, 3.63) is 52.8 Å². The van der Waals surface area contributed by atoms with Gasteiger partial charge in [0.05, 0.1) is 31.9 Å². The monoisotopic (exact) mass is 329 g/mol. The second-order valence-electron chi connectivity index (χ2n) is 5.98. The van der Waals surface area contributed by atoms with Crippen molar-refractivity contribution in [1.29, 1.82) is 0 Å². The molecule has 0 unspecified atom stereocenters. The molecule has 6 nitrogen and oxygen atoms in total. The van der Waals surface area contributed by atoms with Crippen LogP contribution in [0.2, 0.25) is 0 Å². The van der Waals surface area contributed by atoms with Gasteiger partial charge in [0, 0.05) is 37.9 Å². The molecular weight excluding hydrogens is 306 g/mol. The van der Waals surface area contributed by atoms with E-state index >= 15 is 0 Å². The number of amides is 1. The van der Waals surface area contributed by atoms with E-state index in [1.807, 2.05) is 27.8 Å². The van der Waals surface area contributed by atoms with Crippen LogP contribution in [0.4, 0.5) is 0 Å². The fraction of sp³-hybridized carbons (Fsp3) is 0.444. The molecule has 6 heteroatoms. The molecule has 128 valence electrons. The van der Waals surface area contributed by atoms with Gasteiger partial charge in [0.1, 0.15) is 0 Å². The van der Waals surface area contributed by atoms with Gasteiger partial charge in [0.2, 0.25) is 5.91 Å². The minimum atomic E-state index is -0.107. The minimum absolute atomic E-state index is 0.0854. The van der Waals surface area contributed by atoms with E-state index in [2.05, 4.69) is 17.2 Å². The van der Waals surface area contributed by atoms with Crippen LogP contribution in [0.5, 0.6) is 0 Å². The Balaban J connectivity index is 1.80. The molecule has 2 heterocycles. The lowest BCUT2D eigenvalue weighted by Gasteiger charge is -2.28. The number of benzene rings is 1. The maximum Gasteiger partial charge on any atom is 0.225 e. The van der Waals surface area contributed by atoms with E-state index in [4.69, 9.17) is 4.74 Å². The number of aliphatic hydroxyl groups excluding tert-OH is 1. The summed E-state index contributed by atoms with van der Waals surface area (Å²) < 4.78 is 6.95. The van der Waals surface area contributed by atoms with Crippen LogP contribution in [0.25, 0.3) is 0 Å². The SMILES string of the molecule is COCCC(=O)N1CCc2c(c(CO)nn2Cc2ccccc2)C1. The zero-order valence-electron chi connectivity index (χ0n) is 13.9. The van der Waals surface area contributed by atoms with Gasteiger partial charge in [-0.1, -0.05) is 30.3 Å². The summed E-state index contributed by atoms with van der Waals surface area (Å²) in [5.74, 6) is 0.0854. The average Bonchev–Trinajstić information content (AvgIpc) is 2.97. The average molecular weight is 329 g/mol. The maximum atomic E-state index is 12.2. The van der Waals surface area contributed by atoms with Crippen LogP contribution in [-0.4, -0.2) is 46.0 Å². The number of fused-ring (bicyclic) bond motifs is 1. The molecule has 0 saturated heterocycles. The molecule has 2 aromatic rings. The summed E-state index contributed by atoms with van der Waals surface area (Å²) in [6, 6.07) is 10.1. The number of hydrogen-bond acceptors (Lipinski definition) is 4. The van der Waals surface area contributed by atoms with Gasteiger partial charge in [0.15, 0.2) is 0 Å². The summed E-state index contributed by atoms with van der Waals surface area (Å²) in [7, 11) is 1.60. The molecule has 0 radical (unpaired) electrons. The van der Waals surface area contributed by atoms with E-state index in [-0.39, 0.29) is 12.5 Å². The van der Waals surface area contributed by atoms with Gasteiger partial charge in [-0.3, -0.25) is 9.48 Å². The molecule has 0 spiro atoms. The Labute approximate surface area is 141 Å². The summed E-state index contributed by atoms with van der Waals surface area (Å²) in [6.07, 6.45) is 1.15. The summed E-state index contributed by atoms with van der Waals surface area (Å²) in [5.41, 5.74) is 3.96. The first kappa shape index (κ1) is 16.7. The summed E-state index contributed by atoms with van der Waals surface area (Å²) >= 11 is 0. The molecular formula is C18H23N3O3. The molecule has 0 atom stereocenters. The Bertz CT molecular complexity index is 697. The standard InChI is InChI=1S/C18H23N3O3/c1-24-10-8-18(23)20-9-7-17-15(12-20)16(13-22)19-21(17)11-14-5-3-2-4-6-14/h2-6,22H,7-13H2,1H3. The molecule has 1 N–H and O–H groups in total. The Morgan fingerprint density at radius 2 is 2.12 bits per heavy atom. The fourth-order valence-electron chi connectivity index (χ4n) is 3.14. The van der Waals surface area contributed by atoms with Gasteiger partial charge in [-0.05, 0) is 5.56 Å². The van der Waals surface area contributed by atoms with Crippen LogP contribution in [0.15, 0.2) is 30.3 Å². The first-order chi connectivity index (χ1) is 11.7. The van der Waals surface area contributed by atoms with E-state index < -0.39 is 0 Å². The zero-order valence-corrected chi connectivity index (χ0v) is 13.9. The number of aliphatic hydroxyl groups is 1. The number of aromatic nitrogens is 2. The highest BCUT2D eigenvalue weighted by Crippen LogP contribution is 2.24. The Morgan fingerprint density at radius 1 is 1.33 bits per heavy atom. The molecule has 3 rings (SSSR count). The third kappa shape index (κ3) is 3.49. The second kappa shape index (κ2) is 7.59. The molecule has 1 aromatic carbocycles. The van der Waals surface area contributed by atoms with Gasteiger partial charge in [-0.2, -0.15) is 5.10 Å². The first-order valence-corrected chi connectivity index (χ1v) is 8.22. The van der Waals surface area contributed by atoms with Gasteiger partial charge in [-0.25, -0.2) is 0 Å². The molecule has 1 aliphatic rings. The first-order valence-electron chi connectivity index (χ1n) is 8.22. The predicted molar refractivity (Wildman–Crippen MR) is 89.3 cm³/mol. The van der Waals surface area contributed by atoms with Crippen molar-refractivity contribution in [3.8, 4) is 0 Å². The van der Waals surface area contributed by atoms with Crippen LogP contribution < -0.4 is 0 Å². The molecule has 0 saturated carbocycles. The van der Waals surface area contributed by atoms with Crippen LogP contribution in [0.1, 0.15) is 28.9 Å². The molecule has 0 fully saturated rings. The highest BCUT2D eigenvalue weighted by atomic mass is 16.5. The second-order valence-corrected chi connectivity index (χ2v) is 5.98. The zero-order chi connectivity index (χ0) is 16.9. The Kier molecular flexibility index (Phi) is 5.27. The predicted octanol–water partition coefficient (Wildman–Crippen LogP) is 1.34. The van der Waals surface area contributed by atoms with E-state index in [1.54, 1.807) is 7.11 Å². The van der Waals surface area contributed by atoms with Gasteiger partial charge in [-0.15, -0.1) is 0 Å². The normalized spacial score (nSPS) is 13.8. The van der Waals surface area contributed by atoms with Crippen LogP contribution in [0, 0.1) is 0 Å². The van der Waals surface area contributed by atoms with Crippen molar-refractivity contribution in [1.82, 2.24) is 14.7 Å². The smallest absolute Gasteiger partial charge is 0.225 e. The number of carbonyl (C=O) groups is 1. The van der Waals surface area contributed by atoms with Crippen molar-refractivity contribution in [2.75, 3.05) is 20.3 Å². The molecule has 1 aromatic heterocycles. The Morgan fingerprint density at radius 3 is 2.83 bits per heavy atom. The number of hydrogen-bond donors (Lipinski definition) is 1. The van der Waals surface area contributed by atoms with Crippen molar-refractivity contribution in [2.45, 2.75) is 32.5 Å². The van der Waals surface area contributed by atoms with Crippen molar-refractivity contribution in [3.63, 3.8) is 0 Å². The molecule has 1 amide bonds. The number of rotatable bonds is 6. The Hall–Kier alpha value is -2.18. The largest absolute Gasteiger partial charge is 0.390 e. The number of nitrogens with zero attached hydrogens (tertiary/aromatic N) is 3. The number of methoxy groups -OCH3 is 1. The topological polar surface area (TPSA) is 67.6 Å². The van der Waals surface area contributed by atoms with E-state index in [9.17, 15) is 9.90 Å². The molecule has 0 aliphatic carbocycles. The van der Waals surface area contributed by atoms with Gasteiger partial charge in [0.25, 0.3) is 0 Å². The lowest BCUT2D eigenvalue weighted by molar-refractivity contribution is -0.133. The maximum absolute atomic E-state index is 12.2. The minimum Gasteiger partial charge on any atom is -0.390 e. The van der Waals surface area contributed by atoms with Crippen molar-refractivity contribution in [2.24, 2.45) is 0 Å². The molecule has 24 heavy (non-hydrogen) atoms. The van der Waals surface area contributed by atoms with Gasteiger partial charge < -0.3 is 14.7 Å². The number of carbonyl (C=O) groups excluding carboxylic acids is 1. The van der Waals surface area contributed by atoms with E-state index in [1.165, 1.54) is 5.56 Å². The van der Waals surface area contributed by atoms with Crippen molar-refractivity contribution >= 4 is 5.91 Å². The molecule has 1 aliphatic heterocycles. The lowest BCUT2D eigenvalue weighted by Crippen LogP contribution is -2.37. The van der Waals surface area contributed by atoms with E-state index in [0.29, 0.717) is 38.4 Å². The van der Waals surface area contributed by atoms with Gasteiger partial charge >= 0.3 is 0 Å². The van der Waals surface area contributed by atoms with Crippen LogP contribution in [-0.2, 0) is 35.6 Å². The highest BCUT2D eigenvalue weighted by Gasteiger charge is 2.26.